The fourth-order valence-electron chi connectivity index (χ4n) is 2.73. The van der Waals surface area contributed by atoms with Crippen LogP contribution in [0.15, 0.2) is 18.2 Å². The number of aliphatic hydroxyl groups is 1. The number of rotatable bonds is 5. The molecule has 5 heteroatoms. The average Bonchev–Trinajstić information content (AvgIpc) is 2.54. The van der Waals surface area contributed by atoms with Crippen LogP contribution in [0.3, 0.4) is 0 Å². The van der Waals surface area contributed by atoms with E-state index in [-0.39, 0.29) is 12.6 Å². The van der Waals surface area contributed by atoms with Crippen molar-refractivity contribution in [2.75, 3.05) is 13.2 Å². The van der Waals surface area contributed by atoms with Crippen molar-refractivity contribution in [1.29, 1.82) is 0 Å². The van der Waals surface area contributed by atoms with Gasteiger partial charge in [-0.1, -0.05) is 18.2 Å². The van der Waals surface area contributed by atoms with Crippen LogP contribution in [-0.2, 0) is 22.4 Å². The molecule has 0 aromatic heterocycles. The predicted molar refractivity (Wildman–Crippen MR) is 84.4 cm³/mol. The zero-order valence-corrected chi connectivity index (χ0v) is 13.0. The van der Waals surface area contributed by atoms with Gasteiger partial charge in [0.25, 0.3) is 0 Å². The Bertz CT molecular complexity index is 543. The van der Waals surface area contributed by atoms with E-state index in [2.05, 4.69) is 22.8 Å². The Balaban J connectivity index is 1.92. The molecular weight excluding hydrogens is 280 g/mol. The molecule has 1 unspecified atom stereocenters. The van der Waals surface area contributed by atoms with Crippen molar-refractivity contribution >= 4 is 11.8 Å². The molecule has 0 spiro atoms. The zero-order chi connectivity index (χ0) is 15.9. The summed E-state index contributed by atoms with van der Waals surface area (Å²) in [7, 11) is 0. The third kappa shape index (κ3) is 4.31. The van der Waals surface area contributed by atoms with Crippen LogP contribution in [0.1, 0.15) is 48.9 Å². The van der Waals surface area contributed by atoms with E-state index in [0.29, 0.717) is 13.0 Å². The van der Waals surface area contributed by atoms with E-state index in [1.807, 2.05) is 13.0 Å². The van der Waals surface area contributed by atoms with Gasteiger partial charge < -0.3 is 15.7 Å². The van der Waals surface area contributed by atoms with Gasteiger partial charge in [-0.25, -0.2) is 0 Å². The quantitative estimate of drug-likeness (QED) is 0.566. The summed E-state index contributed by atoms with van der Waals surface area (Å²) in [5.74, 6) is -1.29. The van der Waals surface area contributed by atoms with E-state index < -0.39 is 11.8 Å². The fourth-order valence-corrected chi connectivity index (χ4v) is 2.73. The molecule has 0 saturated carbocycles. The van der Waals surface area contributed by atoms with Crippen LogP contribution in [0.5, 0.6) is 0 Å². The Morgan fingerprint density at radius 1 is 1.18 bits per heavy atom. The molecule has 2 rings (SSSR count). The first-order valence-electron chi connectivity index (χ1n) is 7.93. The minimum absolute atomic E-state index is 0.00652. The third-order valence-electron chi connectivity index (χ3n) is 4.05. The fraction of sp³-hybridized carbons (Fsp3) is 0.529. The van der Waals surface area contributed by atoms with Crippen LogP contribution in [0.25, 0.3) is 0 Å². The molecule has 0 bridgehead atoms. The van der Waals surface area contributed by atoms with Crippen LogP contribution in [0.4, 0.5) is 0 Å². The van der Waals surface area contributed by atoms with Gasteiger partial charge in [0.1, 0.15) is 0 Å². The lowest BCUT2D eigenvalue weighted by atomic mass is 9.89. The lowest BCUT2D eigenvalue weighted by Crippen LogP contribution is -2.41. The van der Waals surface area contributed by atoms with Crippen molar-refractivity contribution in [3.63, 3.8) is 0 Å². The molecular formula is C17H24N2O3. The number of hydrogen-bond donors (Lipinski definition) is 3. The minimum atomic E-state index is -0.654. The summed E-state index contributed by atoms with van der Waals surface area (Å²) < 4.78 is 0. The number of amides is 2. The van der Waals surface area contributed by atoms with Gasteiger partial charge in [-0.05, 0) is 55.7 Å². The topological polar surface area (TPSA) is 78.4 Å². The Labute approximate surface area is 131 Å². The summed E-state index contributed by atoms with van der Waals surface area (Å²) in [6.45, 7) is 2.17. The molecule has 0 fully saturated rings. The molecule has 22 heavy (non-hydrogen) atoms. The minimum Gasteiger partial charge on any atom is -0.396 e. The second-order valence-electron chi connectivity index (χ2n) is 5.76. The van der Waals surface area contributed by atoms with Gasteiger partial charge in [0.15, 0.2) is 0 Å². The van der Waals surface area contributed by atoms with E-state index in [4.69, 9.17) is 5.11 Å². The van der Waals surface area contributed by atoms with Gasteiger partial charge in [-0.2, -0.15) is 0 Å². The van der Waals surface area contributed by atoms with Crippen LogP contribution in [0, 0.1) is 0 Å². The number of aliphatic hydroxyl groups excluding tert-OH is 1. The number of hydrogen-bond acceptors (Lipinski definition) is 3. The van der Waals surface area contributed by atoms with Gasteiger partial charge in [-0.3, -0.25) is 9.59 Å². The van der Waals surface area contributed by atoms with Crippen molar-refractivity contribution in [1.82, 2.24) is 10.6 Å². The van der Waals surface area contributed by atoms with Gasteiger partial charge in [0, 0.05) is 13.2 Å². The van der Waals surface area contributed by atoms with Gasteiger partial charge in [-0.15, -0.1) is 0 Å². The molecule has 0 radical (unpaired) electrons. The highest BCUT2D eigenvalue weighted by Gasteiger charge is 2.18. The SMILES string of the molecule is CC(NC(=O)C(=O)NCCCO)c1ccc2c(c1)CCCC2. The number of carbonyl (C=O) groups is 2. The summed E-state index contributed by atoms with van der Waals surface area (Å²) in [6.07, 6.45) is 5.12. The zero-order valence-electron chi connectivity index (χ0n) is 13.0. The maximum absolute atomic E-state index is 11.8. The van der Waals surface area contributed by atoms with Crippen LogP contribution >= 0.6 is 0 Å². The summed E-state index contributed by atoms with van der Waals surface area (Å²) in [5.41, 5.74) is 3.78. The smallest absolute Gasteiger partial charge is 0.309 e. The highest BCUT2D eigenvalue weighted by atomic mass is 16.3. The highest BCUT2D eigenvalue weighted by Crippen LogP contribution is 2.24. The molecule has 2 amide bonds. The van der Waals surface area contributed by atoms with Gasteiger partial charge >= 0.3 is 11.8 Å². The van der Waals surface area contributed by atoms with E-state index in [0.717, 1.165) is 18.4 Å². The summed E-state index contributed by atoms with van der Waals surface area (Å²) in [6, 6.07) is 6.10. The Morgan fingerprint density at radius 2 is 1.91 bits per heavy atom. The summed E-state index contributed by atoms with van der Waals surface area (Å²) in [4.78, 5) is 23.4. The summed E-state index contributed by atoms with van der Waals surface area (Å²) in [5, 5.41) is 13.9. The van der Waals surface area contributed by atoms with Crippen molar-refractivity contribution in [2.45, 2.75) is 45.1 Å². The first-order chi connectivity index (χ1) is 10.6. The first-order valence-corrected chi connectivity index (χ1v) is 7.93. The van der Waals surface area contributed by atoms with Gasteiger partial charge in [0.2, 0.25) is 0 Å². The lowest BCUT2D eigenvalue weighted by molar-refractivity contribution is -0.139. The molecule has 1 aliphatic rings. The molecule has 1 atom stereocenters. The van der Waals surface area contributed by atoms with Gasteiger partial charge in [0.05, 0.1) is 6.04 Å². The largest absolute Gasteiger partial charge is 0.396 e. The number of nitrogens with one attached hydrogen (secondary N) is 2. The van der Waals surface area contributed by atoms with Crippen molar-refractivity contribution in [2.24, 2.45) is 0 Å². The van der Waals surface area contributed by atoms with Crippen molar-refractivity contribution in [3.05, 3.63) is 34.9 Å². The first kappa shape index (κ1) is 16.5. The molecule has 120 valence electrons. The van der Waals surface area contributed by atoms with E-state index in [1.165, 1.54) is 24.0 Å². The molecule has 0 aliphatic heterocycles. The van der Waals surface area contributed by atoms with Crippen LogP contribution in [0.2, 0.25) is 0 Å². The predicted octanol–water partition coefficient (Wildman–Crippen LogP) is 1.24. The van der Waals surface area contributed by atoms with Crippen LogP contribution in [-0.4, -0.2) is 30.1 Å². The van der Waals surface area contributed by atoms with Crippen molar-refractivity contribution in [3.8, 4) is 0 Å². The molecule has 1 aliphatic carbocycles. The second kappa shape index (κ2) is 7.94. The molecule has 1 aromatic rings. The van der Waals surface area contributed by atoms with E-state index in [1.54, 1.807) is 0 Å². The Morgan fingerprint density at radius 3 is 2.64 bits per heavy atom. The standard InChI is InChI=1S/C17H24N2O3/c1-12(19-17(22)16(21)18-9-4-10-20)14-8-7-13-5-2-3-6-15(13)11-14/h7-8,11-12,20H,2-6,9-10H2,1H3,(H,18,21)(H,19,22). The normalized spacial score (nSPS) is 14.8. The number of aryl methyl sites for hydroxylation is 2. The molecule has 1 aromatic carbocycles. The molecule has 0 heterocycles. The number of fused-ring (bicyclic) bond motifs is 1. The maximum atomic E-state index is 11.8. The number of carbonyl (C=O) groups excluding carboxylic acids is 2. The third-order valence-corrected chi connectivity index (χ3v) is 4.05. The Kier molecular flexibility index (Phi) is 5.95. The molecule has 3 N–H and O–H groups in total. The number of benzene rings is 1. The Hall–Kier alpha value is -1.88. The van der Waals surface area contributed by atoms with E-state index in [9.17, 15) is 9.59 Å². The molecule has 5 nitrogen and oxygen atoms in total. The highest BCUT2D eigenvalue weighted by molar-refractivity contribution is 6.35. The molecule has 0 saturated heterocycles. The monoisotopic (exact) mass is 304 g/mol. The lowest BCUT2D eigenvalue weighted by Gasteiger charge is -2.20. The maximum Gasteiger partial charge on any atom is 0.309 e. The van der Waals surface area contributed by atoms with Crippen molar-refractivity contribution < 1.29 is 14.7 Å². The average molecular weight is 304 g/mol. The van der Waals surface area contributed by atoms with E-state index >= 15 is 0 Å². The second-order valence-corrected chi connectivity index (χ2v) is 5.76. The summed E-state index contributed by atoms with van der Waals surface area (Å²) >= 11 is 0. The van der Waals surface area contributed by atoms with Crippen LogP contribution < -0.4 is 10.6 Å².